The minimum atomic E-state index is -4.18. The summed E-state index contributed by atoms with van der Waals surface area (Å²) in [7, 11) is -1.52. The number of sulfone groups is 1. The summed E-state index contributed by atoms with van der Waals surface area (Å²) in [6.45, 7) is 8.69. The molecule has 1 unspecified atom stereocenters. The number of hydroxylamine groups is 4. The average Bonchev–Trinajstić information content (AvgIpc) is 3.58. The van der Waals surface area contributed by atoms with E-state index in [2.05, 4.69) is 13.8 Å². The van der Waals surface area contributed by atoms with Crippen molar-refractivity contribution in [3.8, 4) is 0 Å². The van der Waals surface area contributed by atoms with Crippen molar-refractivity contribution in [1.29, 1.82) is 0 Å². The van der Waals surface area contributed by atoms with E-state index in [-0.39, 0.29) is 30.5 Å². The Hall–Kier alpha value is -4.13. The molecule has 18 heteroatoms. The molecule has 15 nitrogen and oxygen atoms in total. The van der Waals surface area contributed by atoms with Gasteiger partial charge in [0, 0.05) is 73.0 Å². The predicted molar refractivity (Wildman–Crippen MR) is 229 cm³/mol. The van der Waals surface area contributed by atoms with Gasteiger partial charge in [0.2, 0.25) is 0 Å². The standard InChI is InChI=1S/C41H55ClN6O9S2/c1-40(2)31-23-29(38(49)45(5)56-7)25-47(19-11-21-58(9,51)52)36(31)43-33(40)17-15-27-13-10-14-28(35(27)42)16-18-34-41(3,4)32-24-30(39(50)46(6)57-8)26-48(37(32)44-34)20-12-22-59(53,54)55/h15-18,23-26,36H,10-14,19-22H2,1-9H3,(H,53,54,55). The third kappa shape index (κ3) is 10.4. The van der Waals surface area contributed by atoms with Gasteiger partial charge in [-0.05, 0) is 73.1 Å². The lowest BCUT2D eigenvalue weighted by molar-refractivity contribution is -0.164. The molecule has 4 aliphatic heterocycles. The minimum absolute atomic E-state index is 0.0102. The number of amidine groups is 1. The Balaban J connectivity index is 1.43. The van der Waals surface area contributed by atoms with Crippen LogP contribution in [0.2, 0.25) is 0 Å². The molecule has 0 saturated heterocycles. The van der Waals surface area contributed by atoms with Crippen molar-refractivity contribution in [1.82, 2.24) is 19.9 Å². The molecule has 4 heterocycles. The Morgan fingerprint density at radius 2 is 1.54 bits per heavy atom. The SMILES string of the molecule is CON(C)C(=O)C1=CN(CCCS(=O)(=O)O)C2=NC(=CC=C3CCCC(C=CC4=NC5C(=CC(C(=O)N(C)OC)=CN5CCCS(C)(=O)=O)C4(C)C)=C3Cl)C(C)(C)C2=C1. The van der Waals surface area contributed by atoms with E-state index in [1.54, 1.807) is 23.4 Å². The zero-order valence-corrected chi connectivity index (χ0v) is 37.5. The van der Waals surface area contributed by atoms with Crippen LogP contribution in [0.25, 0.3) is 0 Å². The molecular formula is C41H55ClN6O9S2. The molecule has 1 aliphatic carbocycles. The summed E-state index contributed by atoms with van der Waals surface area (Å²) in [4.78, 5) is 50.4. The first-order chi connectivity index (χ1) is 27.5. The number of hydrogen-bond donors (Lipinski definition) is 1. The molecule has 0 radical (unpaired) electrons. The van der Waals surface area contributed by atoms with Crippen LogP contribution in [0.1, 0.15) is 59.8 Å². The number of rotatable bonds is 15. The van der Waals surface area contributed by atoms with Gasteiger partial charge in [0.25, 0.3) is 21.9 Å². The third-order valence-corrected chi connectivity index (χ3v) is 13.5. The molecule has 0 spiro atoms. The fourth-order valence-corrected chi connectivity index (χ4v) is 8.99. The van der Waals surface area contributed by atoms with Gasteiger partial charge in [-0.1, -0.05) is 51.4 Å². The zero-order chi connectivity index (χ0) is 43.7. The Morgan fingerprint density at radius 1 is 0.915 bits per heavy atom. The Kier molecular flexibility index (Phi) is 13.9. The van der Waals surface area contributed by atoms with Gasteiger partial charge in [0.15, 0.2) is 0 Å². The van der Waals surface area contributed by atoms with Crippen molar-refractivity contribution < 1.29 is 40.7 Å². The second-order valence-electron chi connectivity index (χ2n) is 16.2. The number of likely N-dealkylation sites (N-methyl/N-ethyl adjacent to an activating group) is 2. The molecule has 2 amide bonds. The zero-order valence-electron chi connectivity index (χ0n) is 35.2. The number of halogens is 1. The smallest absolute Gasteiger partial charge is 0.278 e. The lowest BCUT2D eigenvalue weighted by Gasteiger charge is -2.34. The van der Waals surface area contributed by atoms with Gasteiger partial charge in [0.05, 0.1) is 42.6 Å². The monoisotopic (exact) mass is 874 g/mol. The maximum atomic E-state index is 13.2. The number of nitrogens with zero attached hydrogens (tertiary/aromatic N) is 6. The predicted octanol–water partition coefficient (Wildman–Crippen LogP) is 5.28. The molecule has 1 N–H and O–H groups in total. The highest BCUT2D eigenvalue weighted by Crippen LogP contribution is 2.46. The van der Waals surface area contributed by atoms with Gasteiger partial charge in [0.1, 0.15) is 21.8 Å². The topological polar surface area (TPSA) is 179 Å². The fraction of sp³-hybridized carbons (Fsp3) is 0.512. The Bertz CT molecular complexity index is 2300. The molecule has 59 heavy (non-hydrogen) atoms. The van der Waals surface area contributed by atoms with Crippen LogP contribution >= 0.6 is 11.6 Å². The summed E-state index contributed by atoms with van der Waals surface area (Å²) in [6.07, 6.45) is 18.5. The van der Waals surface area contributed by atoms with Crippen LogP contribution in [0.4, 0.5) is 0 Å². The molecule has 322 valence electrons. The molecule has 0 aromatic carbocycles. The van der Waals surface area contributed by atoms with Crippen molar-refractivity contribution in [3.63, 3.8) is 0 Å². The minimum Gasteiger partial charge on any atom is -0.352 e. The highest BCUT2D eigenvalue weighted by molar-refractivity contribution is 7.90. The van der Waals surface area contributed by atoms with Crippen molar-refractivity contribution in [2.45, 2.75) is 66.0 Å². The number of carbonyl (C=O) groups is 2. The van der Waals surface area contributed by atoms with E-state index in [1.165, 1.54) is 34.6 Å². The summed E-state index contributed by atoms with van der Waals surface area (Å²) < 4.78 is 56.2. The highest BCUT2D eigenvalue weighted by Gasteiger charge is 2.44. The van der Waals surface area contributed by atoms with Crippen molar-refractivity contribution in [2.24, 2.45) is 20.8 Å². The quantitative estimate of drug-likeness (QED) is 0.167. The first-order valence-electron chi connectivity index (χ1n) is 19.3. The number of aliphatic imine (C=N–C) groups is 2. The molecule has 0 aromatic rings. The maximum Gasteiger partial charge on any atom is 0.278 e. The van der Waals surface area contributed by atoms with Crippen LogP contribution in [0.15, 0.2) is 103 Å². The van der Waals surface area contributed by atoms with E-state index < -0.39 is 42.7 Å². The van der Waals surface area contributed by atoms with Crippen molar-refractivity contribution in [3.05, 3.63) is 93.0 Å². The maximum absolute atomic E-state index is 13.2. The summed E-state index contributed by atoms with van der Waals surface area (Å²) in [5.74, 6) is -0.559. The average molecular weight is 876 g/mol. The number of carbonyl (C=O) groups excluding carboxylic acids is 2. The second kappa shape index (κ2) is 17.8. The molecule has 5 aliphatic rings. The van der Waals surface area contributed by atoms with Crippen LogP contribution in [-0.2, 0) is 39.2 Å². The van der Waals surface area contributed by atoms with Gasteiger partial charge in [-0.3, -0.25) is 28.8 Å². The lowest BCUT2D eigenvalue weighted by Crippen LogP contribution is -2.38. The lowest BCUT2D eigenvalue weighted by atomic mass is 9.78. The van der Waals surface area contributed by atoms with Crippen LogP contribution in [-0.4, -0.2) is 130 Å². The normalized spacial score (nSPS) is 22.8. The van der Waals surface area contributed by atoms with Gasteiger partial charge in [-0.2, -0.15) is 8.42 Å². The summed E-state index contributed by atoms with van der Waals surface area (Å²) >= 11 is 7.11. The molecule has 0 fully saturated rings. The number of fused-ring (bicyclic) bond motifs is 2. The molecule has 0 saturated carbocycles. The molecule has 1 atom stereocenters. The van der Waals surface area contributed by atoms with Crippen molar-refractivity contribution in [2.75, 3.05) is 59.2 Å². The Morgan fingerprint density at radius 3 is 2.15 bits per heavy atom. The van der Waals surface area contributed by atoms with Crippen LogP contribution in [0, 0.1) is 10.8 Å². The van der Waals surface area contributed by atoms with E-state index >= 15 is 0 Å². The van der Waals surface area contributed by atoms with E-state index in [0.29, 0.717) is 35.0 Å². The van der Waals surface area contributed by atoms with Gasteiger partial charge in [-0.15, -0.1) is 0 Å². The first-order valence-corrected chi connectivity index (χ1v) is 23.4. The third-order valence-electron chi connectivity index (χ3n) is 11.2. The van der Waals surface area contributed by atoms with Gasteiger partial charge >= 0.3 is 0 Å². The van der Waals surface area contributed by atoms with Crippen LogP contribution in [0.3, 0.4) is 0 Å². The van der Waals surface area contributed by atoms with E-state index in [0.717, 1.165) is 63.1 Å². The molecular weight excluding hydrogens is 820 g/mol. The summed E-state index contributed by atoms with van der Waals surface area (Å²) in [6, 6.07) is 0. The van der Waals surface area contributed by atoms with E-state index in [1.807, 2.05) is 49.1 Å². The van der Waals surface area contributed by atoms with Crippen LogP contribution in [0.5, 0.6) is 0 Å². The second-order valence-corrected chi connectivity index (χ2v) is 20.4. The van der Waals surface area contributed by atoms with Crippen molar-refractivity contribution >= 4 is 54.9 Å². The molecule has 0 aromatic heterocycles. The number of amides is 2. The highest BCUT2D eigenvalue weighted by atomic mass is 35.5. The number of allylic oxidation sites excluding steroid dienone is 8. The largest absolute Gasteiger partial charge is 0.352 e. The van der Waals surface area contributed by atoms with Gasteiger partial charge < -0.3 is 9.80 Å². The molecule has 5 rings (SSSR count). The fourth-order valence-electron chi connectivity index (χ4n) is 7.52. The molecule has 0 bridgehead atoms. The van der Waals surface area contributed by atoms with Crippen LogP contribution < -0.4 is 0 Å². The van der Waals surface area contributed by atoms with Gasteiger partial charge in [-0.25, -0.2) is 23.5 Å². The van der Waals surface area contributed by atoms with E-state index in [9.17, 15) is 31.0 Å². The summed E-state index contributed by atoms with van der Waals surface area (Å²) in [5.41, 5.74) is 4.63. The Labute approximate surface area is 353 Å². The summed E-state index contributed by atoms with van der Waals surface area (Å²) in [5, 5.41) is 2.88. The number of hydrogen-bond acceptors (Lipinski definition) is 12. The first kappa shape index (κ1) is 45.9. The van der Waals surface area contributed by atoms with E-state index in [4.69, 9.17) is 31.3 Å².